The van der Waals surface area contributed by atoms with Crippen LogP contribution >= 0.6 is 34.7 Å². The van der Waals surface area contributed by atoms with Gasteiger partial charge in [0.25, 0.3) is 0 Å². The third-order valence-corrected chi connectivity index (χ3v) is 10.9. The van der Waals surface area contributed by atoms with Gasteiger partial charge in [0.2, 0.25) is 17.7 Å². The number of halogens is 1. The summed E-state index contributed by atoms with van der Waals surface area (Å²) in [5, 5.41) is 4.21. The highest BCUT2D eigenvalue weighted by Gasteiger charge is 2.69. The van der Waals surface area contributed by atoms with Crippen molar-refractivity contribution in [3.8, 4) is 0 Å². The second kappa shape index (κ2) is 8.09. The fourth-order valence-corrected chi connectivity index (χ4v) is 9.89. The second-order valence-corrected chi connectivity index (χ2v) is 12.4. The quantitative estimate of drug-likeness (QED) is 0.486. The molecule has 2 aliphatic heterocycles. The molecule has 1 aromatic carbocycles. The number of carbonyl (C=O) groups is 3. The van der Waals surface area contributed by atoms with Gasteiger partial charge in [-0.05, 0) is 60.6 Å². The van der Waals surface area contributed by atoms with E-state index in [0.29, 0.717) is 10.7 Å². The summed E-state index contributed by atoms with van der Waals surface area (Å²) in [6, 6.07) is 10.4. The fourth-order valence-electron chi connectivity index (χ4n) is 6.90. The van der Waals surface area contributed by atoms with Crippen LogP contribution in [-0.2, 0) is 14.4 Å². The maximum Gasteiger partial charge on any atom is 0.305 e. The second-order valence-electron chi connectivity index (χ2n) is 9.79. The van der Waals surface area contributed by atoms with E-state index < -0.39 is 17.7 Å². The van der Waals surface area contributed by atoms with Crippen molar-refractivity contribution in [1.29, 1.82) is 0 Å². The number of fused-ring (bicyclic) bond motifs is 9. The van der Waals surface area contributed by atoms with Gasteiger partial charge in [-0.2, -0.15) is 0 Å². The largest absolute Gasteiger partial charge is 0.469 e. The SMILES string of the molecule is O=C(CN1C(=O)[C@@H]2[C@H]3C[C@@H]([C@@H]2C1=O)[C@@H]1[C@@H](c2ccco2)c2sc(=O)[nH]c2S[C@@H]31)Nc1ccc(Cl)cc1. The summed E-state index contributed by atoms with van der Waals surface area (Å²) in [4.78, 5) is 56.9. The highest BCUT2D eigenvalue weighted by atomic mass is 35.5. The van der Waals surface area contributed by atoms with E-state index in [9.17, 15) is 19.2 Å². The molecule has 4 heterocycles. The van der Waals surface area contributed by atoms with Crippen molar-refractivity contribution < 1.29 is 18.8 Å². The molecule has 2 N–H and O–H groups in total. The standard InChI is InChI=1S/C25H20ClN3O5S2/c26-10-3-5-11(6-4-10)27-15(30)9-29-23(31)17-12-8-13(18(17)24(29)32)20-16(12)19(14-2-1-7-34-14)21-22(35-20)28-25(33)36-21/h1-7,12-13,16-20H,8-9H2,(H,27,30)(H,28,33)/t12-,13-,16-,17+,18-,19-,20+/m1/s1. The minimum Gasteiger partial charge on any atom is -0.469 e. The molecular formula is C25H20ClN3O5S2. The molecule has 3 aromatic rings. The number of likely N-dealkylation sites (tertiary alicyclic amines) is 1. The normalized spacial score (nSPS) is 31.9. The Hall–Kier alpha value is -2.82. The van der Waals surface area contributed by atoms with Crippen LogP contribution < -0.4 is 10.2 Å². The van der Waals surface area contributed by atoms with E-state index in [1.54, 1.807) is 42.3 Å². The summed E-state index contributed by atoms with van der Waals surface area (Å²) in [6.07, 6.45) is 2.42. The number of nitrogens with zero attached hydrogens (tertiary/aromatic N) is 1. The fraction of sp³-hybridized carbons (Fsp3) is 0.360. The molecular weight excluding hydrogens is 522 g/mol. The molecule has 3 fully saturated rings. The minimum absolute atomic E-state index is 0.00444. The maximum atomic E-state index is 13.6. The van der Waals surface area contributed by atoms with Crippen LogP contribution in [0.3, 0.4) is 0 Å². The van der Waals surface area contributed by atoms with Crippen LogP contribution in [-0.4, -0.2) is 39.4 Å². The molecule has 0 unspecified atom stereocenters. The van der Waals surface area contributed by atoms with Crippen molar-refractivity contribution in [1.82, 2.24) is 9.88 Å². The summed E-state index contributed by atoms with van der Waals surface area (Å²) in [5.74, 6) is -1.11. The van der Waals surface area contributed by atoms with Crippen LogP contribution in [0, 0.1) is 29.6 Å². The van der Waals surface area contributed by atoms with Crippen LogP contribution in [0.4, 0.5) is 5.69 Å². The number of thiazole rings is 1. The smallest absolute Gasteiger partial charge is 0.305 e. The minimum atomic E-state index is -0.442. The van der Waals surface area contributed by atoms with Crippen LogP contribution in [0.1, 0.15) is 23.0 Å². The van der Waals surface area contributed by atoms with Crippen LogP contribution in [0.15, 0.2) is 56.9 Å². The summed E-state index contributed by atoms with van der Waals surface area (Å²) in [7, 11) is 0. The lowest BCUT2D eigenvalue weighted by Gasteiger charge is -2.42. The third kappa shape index (κ3) is 3.20. The molecule has 4 aliphatic rings. The number of aromatic amines is 1. The van der Waals surface area contributed by atoms with Crippen molar-refractivity contribution in [2.24, 2.45) is 29.6 Å². The highest BCUT2D eigenvalue weighted by molar-refractivity contribution is 8.00. The zero-order valence-electron chi connectivity index (χ0n) is 18.7. The van der Waals surface area contributed by atoms with Gasteiger partial charge in [-0.3, -0.25) is 24.1 Å². The van der Waals surface area contributed by atoms with Crippen molar-refractivity contribution in [2.45, 2.75) is 22.6 Å². The van der Waals surface area contributed by atoms with Gasteiger partial charge in [-0.15, -0.1) is 11.8 Å². The number of aromatic nitrogens is 1. The Kier molecular flexibility index (Phi) is 5.03. The van der Waals surface area contributed by atoms with E-state index in [4.69, 9.17) is 16.0 Å². The first-order valence-corrected chi connectivity index (χ1v) is 13.8. The van der Waals surface area contributed by atoms with E-state index in [2.05, 4.69) is 10.3 Å². The average Bonchev–Trinajstić information content (AvgIpc) is 3.66. The van der Waals surface area contributed by atoms with Crippen LogP contribution in [0.25, 0.3) is 0 Å². The van der Waals surface area contributed by atoms with E-state index in [1.165, 1.54) is 11.3 Å². The van der Waals surface area contributed by atoms with Crippen molar-refractivity contribution in [3.05, 3.63) is 68.0 Å². The number of hydrogen-bond donors (Lipinski definition) is 2. The van der Waals surface area contributed by atoms with E-state index in [-0.39, 0.29) is 52.2 Å². The Balaban J connectivity index is 1.17. The summed E-state index contributed by atoms with van der Waals surface area (Å²) < 4.78 is 5.81. The van der Waals surface area contributed by atoms with Gasteiger partial charge in [0.15, 0.2) is 0 Å². The number of rotatable bonds is 4. The lowest BCUT2D eigenvalue weighted by Crippen LogP contribution is -2.42. The van der Waals surface area contributed by atoms with E-state index >= 15 is 0 Å². The molecule has 184 valence electrons. The summed E-state index contributed by atoms with van der Waals surface area (Å²) in [6.45, 7) is -0.308. The molecule has 2 bridgehead atoms. The first-order chi connectivity index (χ1) is 17.4. The molecule has 11 heteroatoms. The molecule has 0 spiro atoms. The highest BCUT2D eigenvalue weighted by Crippen LogP contribution is 2.68. The average molecular weight is 542 g/mol. The monoisotopic (exact) mass is 541 g/mol. The zero-order chi connectivity index (χ0) is 24.7. The van der Waals surface area contributed by atoms with Gasteiger partial charge >= 0.3 is 4.87 Å². The van der Waals surface area contributed by atoms with E-state index in [1.807, 2.05) is 12.1 Å². The topological polar surface area (TPSA) is 112 Å². The van der Waals surface area contributed by atoms with E-state index in [0.717, 1.165) is 27.0 Å². The molecule has 7 rings (SSSR count). The molecule has 8 nitrogen and oxygen atoms in total. The molecule has 2 aromatic heterocycles. The molecule has 1 saturated heterocycles. The maximum absolute atomic E-state index is 13.6. The number of furan rings is 1. The van der Waals surface area contributed by atoms with Gasteiger partial charge in [-0.25, -0.2) is 0 Å². The number of thioether (sulfide) groups is 1. The number of H-pyrrole nitrogens is 1. The lowest BCUT2D eigenvalue weighted by molar-refractivity contribution is -0.143. The predicted octanol–water partition coefficient (Wildman–Crippen LogP) is 3.79. The van der Waals surface area contributed by atoms with Crippen molar-refractivity contribution in [3.63, 3.8) is 0 Å². The zero-order valence-corrected chi connectivity index (χ0v) is 21.1. The first-order valence-electron chi connectivity index (χ1n) is 11.7. The molecule has 2 saturated carbocycles. The number of amides is 3. The number of hydrogen-bond acceptors (Lipinski definition) is 7. The number of imide groups is 1. The molecule has 0 radical (unpaired) electrons. The molecule has 7 atom stereocenters. The number of anilines is 1. The van der Waals surface area contributed by atoms with Gasteiger partial charge in [0.05, 0.1) is 33.9 Å². The first kappa shape index (κ1) is 22.4. The molecule has 3 amide bonds. The summed E-state index contributed by atoms with van der Waals surface area (Å²) >= 11 is 8.72. The number of benzene rings is 1. The number of carbonyl (C=O) groups excluding carboxylic acids is 3. The third-order valence-electron chi connectivity index (χ3n) is 8.09. The van der Waals surface area contributed by atoms with Gasteiger partial charge in [0, 0.05) is 16.0 Å². The molecule has 36 heavy (non-hydrogen) atoms. The Morgan fingerprint density at radius 2 is 1.86 bits per heavy atom. The van der Waals surface area contributed by atoms with Crippen molar-refractivity contribution in [2.75, 3.05) is 11.9 Å². The lowest BCUT2D eigenvalue weighted by atomic mass is 9.69. The van der Waals surface area contributed by atoms with Crippen LogP contribution in [0.5, 0.6) is 0 Å². The van der Waals surface area contributed by atoms with Crippen LogP contribution in [0.2, 0.25) is 5.02 Å². The van der Waals surface area contributed by atoms with Gasteiger partial charge in [-0.1, -0.05) is 22.9 Å². The Bertz CT molecular complexity index is 1450. The summed E-state index contributed by atoms with van der Waals surface area (Å²) in [5.41, 5.74) is 0.549. The van der Waals surface area contributed by atoms with Gasteiger partial charge < -0.3 is 14.7 Å². The predicted molar refractivity (Wildman–Crippen MR) is 134 cm³/mol. The van der Waals surface area contributed by atoms with Gasteiger partial charge in [0.1, 0.15) is 12.3 Å². The Morgan fingerprint density at radius 1 is 1.11 bits per heavy atom. The van der Waals surface area contributed by atoms with Crippen molar-refractivity contribution >= 4 is 58.1 Å². The Morgan fingerprint density at radius 3 is 2.58 bits per heavy atom. The Labute approximate surface area is 218 Å². The number of nitrogens with one attached hydrogen (secondary N) is 2. The molecule has 2 aliphatic carbocycles.